The Kier molecular flexibility index (Phi) is 7.66. The standard InChI is InChI=1S/C22H23N3O5S/c1-3-29-17-11-9-16(10-12-17)24-22-25-20(27)18(31-22)13-19(26)23-15-7-5-14(6-8-15)21(28)30-4-2/h5-12,18H,3-4,13H2,1-2H3,(H,23,26)(H,24,25,27)/t18-/m1/s1. The summed E-state index contributed by atoms with van der Waals surface area (Å²) in [6, 6.07) is 13.6. The van der Waals surface area contributed by atoms with Crippen LogP contribution in [-0.2, 0) is 14.3 Å². The van der Waals surface area contributed by atoms with Gasteiger partial charge in [-0.1, -0.05) is 11.8 Å². The first-order valence-electron chi connectivity index (χ1n) is 9.84. The van der Waals surface area contributed by atoms with Crippen molar-refractivity contribution in [1.29, 1.82) is 0 Å². The van der Waals surface area contributed by atoms with Crippen LogP contribution in [0.2, 0.25) is 0 Å². The lowest BCUT2D eigenvalue weighted by molar-refractivity contribution is -0.122. The second kappa shape index (κ2) is 10.6. The van der Waals surface area contributed by atoms with Gasteiger partial charge in [0, 0.05) is 12.1 Å². The number of ether oxygens (including phenoxy) is 2. The number of carbonyl (C=O) groups is 3. The Hall–Kier alpha value is -3.33. The van der Waals surface area contributed by atoms with Gasteiger partial charge in [-0.15, -0.1) is 0 Å². The summed E-state index contributed by atoms with van der Waals surface area (Å²) in [5.74, 6) is -0.237. The third kappa shape index (κ3) is 6.32. The van der Waals surface area contributed by atoms with Crippen LogP contribution in [-0.4, -0.2) is 41.4 Å². The van der Waals surface area contributed by atoms with E-state index in [9.17, 15) is 14.4 Å². The molecule has 0 aromatic heterocycles. The molecule has 2 aromatic carbocycles. The van der Waals surface area contributed by atoms with E-state index in [0.717, 1.165) is 5.75 Å². The predicted molar refractivity (Wildman–Crippen MR) is 120 cm³/mol. The summed E-state index contributed by atoms with van der Waals surface area (Å²) in [5, 5.41) is 5.32. The van der Waals surface area contributed by atoms with Crippen molar-refractivity contribution in [2.75, 3.05) is 18.5 Å². The fourth-order valence-corrected chi connectivity index (χ4v) is 3.77. The summed E-state index contributed by atoms with van der Waals surface area (Å²) in [7, 11) is 0. The highest BCUT2D eigenvalue weighted by molar-refractivity contribution is 8.15. The Labute approximate surface area is 184 Å². The Balaban J connectivity index is 1.54. The second-order valence-corrected chi connectivity index (χ2v) is 7.68. The zero-order valence-corrected chi connectivity index (χ0v) is 18.0. The van der Waals surface area contributed by atoms with Crippen LogP contribution in [0.3, 0.4) is 0 Å². The van der Waals surface area contributed by atoms with Gasteiger partial charge in [-0.3, -0.25) is 9.59 Å². The molecule has 2 N–H and O–H groups in total. The number of aliphatic imine (C=N–C) groups is 1. The van der Waals surface area contributed by atoms with E-state index in [1.54, 1.807) is 43.3 Å². The zero-order valence-electron chi connectivity index (χ0n) is 17.2. The van der Waals surface area contributed by atoms with Gasteiger partial charge in [0.25, 0.3) is 0 Å². The number of thioether (sulfide) groups is 1. The fraction of sp³-hybridized carbons (Fsp3) is 0.273. The molecule has 1 aliphatic rings. The summed E-state index contributed by atoms with van der Waals surface area (Å²) in [4.78, 5) is 40.7. The Morgan fingerprint density at radius 2 is 1.77 bits per heavy atom. The average molecular weight is 442 g/mol. The normalized spacial score (nSPS) is 16.6. The number of hydrogen-bond donors (Lipinski definition) is 2. The molecule has 3 rings (SSSR count). The molecule has 1 fully saturated rings. The molecule has 1 atom stereocenters. The van der Waals surface area contributed by atoms with Crippen molar-refractivity contribution in [2.24, 2.45) is 4.99 Å². The van der Waals surface area contributed by atoms with Crippen LogP contribution in [0.25, 0.3) is 0 Å². The summed E-state index contributed by atoms with van der Waals surface area (Å²) >= 11 is 1.21. The van der Waals surface area contributed by atoms with Crippen LogP contribution in [0, 0.1) is 0 Å². The van der Waals surface area contributed by atoms with E-state index in [1.807, 2.05) is 19.1 Å². The molecule has 8 nitrogen and oxygen atoms in total. The molecule has 0 radical (unpaired) electrons. The number of esters is 1. The SMILES string of the molecule is CCOC(=O)c1ccc(NC(=O)C[C@H]2SC(=Nc3ccc(OCC)cc3)NC2=O)cc1. The molecular formula is C22H23N3O5S. The van der Waals surface area contributed by atoms with Crippen LogP contribution in [0.15, 0.2) is 53.5 Å². The number of amides is 2. The molecule has 9 heteroatoms. The number of amidine groups is 1. The molecule has 2 amide bonds. The van der Waals surface area contributed by atoms with Gasteiger partial charge in [0.15, 0.2) is 5.17 Å². The largest absolute Gasteiger partial charge is 0.494 e. The summed E-state index contributed by atoms with van der Waals surface area (Å²) in [6.45, 7) is 4.52. The van der Waals surface area contributed by atoms with Gasteiger partial charge >= 0.3 is 5.97 Å². The molecule has 0 unspecified atom stereocenters. The minimum Gasteiger partial charge on any atom is -0.494 e. The predicted octanol–water partition coefficient (Wildman–Crippen LogP) is 3.51. The van der Waals surface area contributed by atoms with Crippen molar-refractivity contribution in [2.45, 2.75) is 25.5 Å². The van der Waals surface area contributed by atoms with E-state index < -0.39 is 11.2 Å². The van der Waals surface area contributed by atoms with Crippen LogP contribution in [0.1, 0.15) is 30.6 Å². The maximum atomic E-state index is 12.3. The highest BCUT2D eigenvalue weighted by Gasteiger charge is 2.32. The second-order valence-electron chi connectivity index (χ2n) is 6.49. The molecular weight excluding hydrogens is 418 g/mol. The zero-order chi connectivity index (χ0) is 22.2. The van der Waals surface area contributed by atoms with Gasteiger partial charge in [-0.25, -0.2) is 9.79 Å². The molecule has 1 aliphatic heterocycles. The lowest BCUT2D eigenvalue weighted by atomic mass is 10.2. The Bertz CT molecular complexity index is 974. The average Bonchev–Trinajstić information content (AvgIpc) is 3.08. The van der Waals surface area contributed by atoms with Crippen molar-refractivity contribution in [3.63, 3.8) is 0 Å². The van der Waals surface area contributed by atoms with E-state index in [1.165, 1.54) is 11.8 Å². The van der Waals surface area contributed by atoms with E-state index in [2.05, 4.69) is 15.6 Å². The summed E-state index contributed by atoms with van der Waals surface area (Å²) in [5.41, 5.74) is 1.61. The van der Waals surface area contributed by atoms with E-state index >= 15 is 0 Å². The van der Waals surface area contributed by atoms with Crippen molar-refractivity contribution in [3.8, 4) is 5.75 Å². The number of anilines is 1. The quantitative estimate of drug-likeness (QED) is 0.607. The van der Waals surface area contributed by atoms with E-state index in [4.69, 9.17) is 9.47 Å². The molecule has 1 heterocycles. The molecule has 162 valence electrons. The summed E-state index contributed by atoms with van der Waals surface area (Å²) < 4.78 is 10.3. The first-order chi connectivity index (χ1) is 15.0. The molecule has 1 saturated heterocycles. The first-order valence-corrected chi connectivity index (χ1v) is 10.7. The van der Waals surface area contributed by atoms with E-state index in [0.29, 0.717) is 35.3 Å². The van der Waals surface area contributed by atoms with Crippen LogP contribution in [0.5, 0.6) is 5.75 Å². The fourth-order valence-electron chi connectivity index (χ4n) is 2.78. The van der Waals surface area contributed by atoms with Gasteiger partial charge in [-0.2, -0.15) is 0 Å². The van der Waals surface area contributed by atoms with Gasteiger partial charge in [0.1, 0.15) is 11.0 Å². The lowest BCUT2D eigenvalue weighted by Gasteiger charge is -2.08. The van der Waals surface area contributed by atoms with Crippen molar-refractivity contribution >= 4 is 46.1 Å². The van der Waals surface area contributed by atoms with E-state index in [-0.39, 0.29) is 18.2 Å². The van der Waals surface area contributed by atoms with Gasteiger partial charge in [-0.05, 0) is 62.4 Å². The summed E-state index contributed by atoms with van der Waals surface area (Å²) in [6.07, 6.45) is -0.00156. The smallest absolute Gasteiger partial charge is 0.338 e. The Morgan fingerprint density at radius 3 is 2.42 bits per heavy atom. The molecule has 2 aromatic rings. The third-order valence-electron chi connectivity index (χ3n) is 4.21. The van der Waals surface area contributed by atoms with Gasteiger partial charge in [0.05, 0.1) is 24.5 Å². The number of nitrogens with one attached hydrogen (secondary N) is 2. The third-order valence-corrected chi connectivity index (χ3v) is 5.29. The van der Waals surface area contributed by atoms with Crippen molar-refractivity contribution in [1.82, 2.24) is 5.32 Å². The number of carbonyl (C=O) groups excluding carboxylic acids is 3. The topological polar surface area (TPSA) is 106 Å². The highest BCUT2D eigenvalue weighted by atomic mass is 32.2. The van der Waals surface area contributed by atoms with Gasteiger partial charge in [0.2, 0.25) is 11.8 Å². The highest BCUT2D eigenvalue weighted by Crippen LogP contribution is 2.26. The molecule has 0 saturated carbocycles. The van der Waals surface area contributed by atoms with Crippen LogP contribution >= 0.6 is 11.8 Å². The molecule has 0 aliphatic carbocycles. The number of hydrogen-bond acceptors (Lipinski definition) is 7. The Morgan fingerprint density at radius 1 is 1.06 bits per heavy atom. The maximum Gasteiger partial charge on any atom is 0.338 e. The number of benzene rings is 2. The van der Waals surface area contributed by atoms with Crippen molar-refractivity contribution < 1.29 is 23.9 Å². The van der Waals surface area contributed by atoms with Gasteiger partial charge < -0.3 is 20.1 Å². The lowest BCUT2D eigenvalue weighted by Crippen LogP contribution is -2.28. The molecule has 0 spiro atoms. The first kappa shape index (κ1) is 22.4. The van der Waals surface area contributed by atoms with Crippen LogP contribution < -0.4 is 15.4 Å². The minimum atomic E-state index is -0.569. The molecule has 31 heavy (non-hydrogen) atoms. The monoisotopic (exact) mass is 441 g/mol. The molecule has 0 bridgehead atoms. The van der Waals surface area contributed by atoms with Crippen molar-refractivity contribution in [3.05, 3.63) is 54.1 Å². The number of nitrogens with zero attached hydrogens (tertiary/aromatic N) is 1. The minimum absolute atomic E-state index is 0.00156. The maximum absolute atomic E-state index is 12.3. The number of rotatable bonds is 8. The van der Waals surface area contributed by atoms with Crippen LogP contribution in [0.4, 0.5) is 11.4 Å².